The first kappa shape index (κ1) is 7.28. The van der Waals surface area contributed by atoms with Crippen LogP contribution in [-0.2, 0) is 6.04 Å². The van der Waals surface area contributed by atoms with Gasteiger partial charge in [0.15, 0.2) is 0 Å². The molecule has 0 fully saturated rings. The Morgan fingerprint density at radius 2 is 2.00 bits per heavy atom. The first-order chi connectivity index (χ1) is 4.34. The SMILES string of the molecule is [Si]Cc1ccccc1I. The van der Waals surface area contributed by atoms with Crippen molar-refractivity contribution in [3.63, 3.8) is 0 Å². The highest BCUT2D eigenvalue weighted by Gasteiger charge is 1.91. The first-order valence-corrected chi connectivity index (χ1v) is 4.51. The van der Waals surface area contributed by atoms with E-state index in [0.29, 0.717) is 0 Å². The van der Waals surface area contributed by atoms with Crippen LogP contribution in [0.4, 0.5) is 0 Å². The Hall–Kier alpha value is 0.167. The monoisotopic (exact) mass is 245 g/mol. The van der Waals surface area contributed by atoms with Gasteiger partial charge in [0.1, 0.15) is 0 Å². The van der Waals surface area contributed by atoms with E-state index in [1.54, 1.807) is 0 Å². The molecule has 1 rings (SSSR count). The molecule has 1 aromatic carbocycles. The molecule has 0 aliphatic rings. The lowest BCUT2D eigenvalue weighted by atomic mass is 10.2. The minimum Gasteiger partial charge on any atom is -0.0619 e. The molecule has 0 aromatic heterocycles. The third kappa shape index (κ3) is 1.79. The smallest absolute Gasteiger partial charge is 0.0284 e. The second-order valence-corrected chi connectivity index (χ2v) is 3.28. The van der Waals surface area contributed by atoms with E-state index >= 15 is 0 Å². The van der Waals surface area contributed by atoms with Crippen LogP contribution < -0.4 is 0 Å². The molecule has 9 heavy (non-hydrogen) atoms. The Bertz CT molecular complexity index is 198. The van der Waals surface area contributed by atoms with Gasteiger partial charge in [-0.1, -0.05) is 18.2 Å². The summed E-state index contributed by atoms with van der Waals surface area (Å²) in [7, 11) is 3.45. The summed E-state index contributed by atoms with van der Waals surface area (Å²) in [5.41, 5.74) is 1.36. The van der Waals surface area contributed by atoms with Crippen LogP contribution >= 0.6 is 22.6 Å². The number of rotatable bonds is 1. The molecular weight excluding hydrogens is 239 g/mol. The lowest BCUT2D eigenvalue weighted by molar-refractivity contribution is 1.37. The Kier molecular flexibility index (Phi) is 2.72. The van der Waals surface area contributed by atoms with Crippen LogP contribution in [0.1, 0.15) is 5.56 Å². The molecule has 0 amide bonds. The third-order valence-corrected chi connectivity index (χ3v) is 2.58. The van der Waals surface area contributed by atoms with Crippen LogP contribution in [0.2, 0.25) is 0 Å². The van der Waals surface area contributed by atoms with E-state index in [4.69, 9.17) is 0 Å². The van der Waals surface area contributed by atoms with E-state index in [-0.39, 0.29) is 0 Å². The van der Waals surface area contributed by atoms with Gasteiger partial charge in [-0.15, -0.1) is 0 Å². The van der Waals surface area contributed by atoms with E-state index in [1.165, 1.54) is 9.13 Å². The molecule has 0 atom stereocenters. The molecule has 0 bridgehead atoms. The molecule has 3 radical (unpaired) electrons. The fourth-order valence-electron chi connectivity index (χ4n) is 0.642. The van der Waals surface area contributed by atoms with Crippen molar-refractivity contribution in [2.24, 2.45) is 0 Å². The number of hydrogen-bond acceptors (Lipinski definition) is 0. The minimum absolute atomic E-state index is 0.944. The number of hydrogen-bond donors (Lipinski definition) is 0. The second kappa shape index (κ2) is 3.36. The highest BCUT2D eigenvalue weighted by Crippen LogP contribution is 2.09. The molecule has 0 aliphatic carbocycles. The summed E-state index contributed by atoms with van der Waals surface area (Å²) in [6.07, 6.45) is 0. The van der Waals surface area contributed by atoms with Gasteiger partial charge < -0.3 is 0 Å². The lowest BCUT2D eigenvalue weighted by Crippen LogP contribution is -1.85. The summed E-state index contributed by atoms with van der Waals surface area (Å²) >= 11 is 2.33. The summed E-state index contributed by atoms with van der Waals surface area (Å²) in [6.45, 7) is 0. The van der Waals surface area contributed by atoms with Gasteiger partial charge >= 0.3 is 0 Å². The summed E-state index contributed by atoms with van der Waals surface area (Å²) in [4.78, 5) is 0. The standard InChI is InChI=1S/C7H6ISi/c8-7-4-2-1-3-6(7)5-9/h1-4H,5H2. The van der Waals surface area contributed by atoms with Crippen LogP contribution in [0.5, 0.6) is 0 Å². The Balaban J connectivity index is 3.01. The van der Waals surface area contributed by atoms with Gasteiger partial charge in [0.2, 0.25) is 0 Å². The summed E-state index contributed by atoms with van der Waals surface area (Å²) < 4.78 is 1.32. The highest BCUT2D eigenvalue weighted by atomic mass is 127. The second-order valence-electron chi connectivity index (χ2n) is 1.77. The molecule has 0 saturated carbocycles. The van der Waals surface area contributed by atoms with Gasteiger partial charge in [0.05, 0.1) is 0 Å². The van der Waals surface area contributed by atoms with Crippen molar-refractivity contribution in [1.82, 2.24) is 0 Å². The van der Waals surface area contributed by atoms with Crippen molar-refractivity contribution in [1.29, 1.82) is 0 Å². The molecule has 1 aromatic rings. The molecule has 0 aliphatic heterocycles. The minimum atomic E-state index is 0.944. The van der Waals surface area contributed by atoms with Crippen molar-refractivity contribution < 1.29 is 0 Å². The maximum atomic E-state index is 3.45. The molecule has 0 N–H and O–H groups in total. The van der Waals surface area contributed by atoms with Crippen LogP contribution in [0.15, 0.2) is 24.3 Å². The Morgan fingerprint density at radius 3 is 2.44 bits per heavy atom. The predicted molar refractivity (Wildman–Crippen MR) is 48.6 cm³/mol. The molecule has 0 saturated heterocycles. The quantitative estimate of drug-likeness (QED) is 0.524. The van der Waals surface area contributed by atoms with Crippen LogP contribution in [0.25, 0.3) is 0 Å². The van der Waals surface area contributed by atoms with E-state index in [2.05, 4.69) is 51.0 Å². The van der Waals surface area contributed by atoms with Crippen molar-refractivity contribution in [2.45, 2.75) is 6.04 Å². The normalized spacial score (nSPS) is 9.56. The van der Waals surface area contributed by atoms with Crippen LogP contribution in [0.3, 0.4) is 0 Å². The molecular formula is C7H6ISi. The molecule has 0 nitrogen and oxygen atoms in total. The van der Waals surface area contributed by atoms with E-state index in [1.807, 2.05) is 6.07 Å². The van der Waals surface area contributed by atoms with Crippen molar-refractivity contribution in [2.75, 3.05) is 0 Å². The van der Waals surface area contributed by atoms with E-state index in [9.17, 15) is 0 Å². The van der Waals surface area contributed by atoms with Gasteiger partial charge in [0, 0.05) is 13.8 Å². The van der Waals surface area contributed by atoms with Crippen molar-refractivity contribution >= 4 is 32.8 Å². The van der Waals surface area contributed by atoms with Crippen LogP contribution in [-0.4, -0.2) is 10.2 Å². The average Bonchev–Trinajstić information content (AvgIpc) is 1.89. The fraction of sp³-hybridized carbons (Fsp3) is 0.143. The zero-order chi connectivity index (χ0) is 6.69. The first-order valence-electron chi connectivity index (χ1n) is 2.72. The Labute approximate surface area is 72.2 Å². The van der Waals surface area contributed by atoms with Gasteiger partial charge in [-0.2, -0.15) is 0 Å². The zero-order valence-corrected chi connectivity index (χ0v) is 8.05. The van der Waals surface area contributed by atoms with Gasteiger partial charge in [-0.3, -0.25) is 0 Å². The van der Waals surface area contributed by atoms with Gasteiger partial charge in [-0.05, 0) is 40.3 Å². The molecule has 0 spiro atoms. The summed E-state index contributed by atoms with van der Waals surface area (Å²) in [5, 5.41) is 0. The maximum Gasteiger partial charge on any atom is 0.0284 e. The number of halogens is 1. The maximum absolute atomic E-state index is 3.45. The number of benzene rings is 1. The molecule has 0 heterocycles. The van der Waals surface area contributed by atoms with Crippen LogP contribution in [0, 0.1) is 3.57 Å². The van der Waals surface area contributed by atoms with Crippen molar-refractivity contribution in [3.05, 3.63) is 33.4 Å². The Morgan fingerprint density at radius 1 is 1.33 bits per heavy atom. The predicted octanol–water partition coefficient (Wildman–Crippen LogP) is 1.96. The topological polar surface area (TPSA) is 0 Å². The molecule has 0 unspecified atom stereocenters. The zero-order valence-electron chi connectivity index (χ0n) is 4.89. The lowest BCUT2D eigenvalue weighted by Gasteiger charge is -1.96. The van der Waals surface area contributed by atoms with Gasteiger partial charge in [0.25, 0.3) is 0 Å². The van der Waals surface area contributed by atoms with E-state index in [0.717, 1.165) is 6.04 Å². The molecule has 2 heteroatoms. The molecule has 45 valence electrons. The summed E-state index contributed by atoms with van der Waals surface area (Å²) in [5.74, 6) is 0. The van der Waals surface area contributed by atoms with E-state index < -0.39 is 0 Å². The summed E-state index contributed by atoms with van der Waals surface area (Å²) in [6, 6.07) is 9.27. The fourth-order valence-corrected chi connectivity index (χ4v) is 1.89. The highest BCUT2D eigenvalue weighted by molar-refractivity contribution is 14.1. The largest absolute Gasteiger partial charge is 0.0619 e. The van der Waals surface area contributed by atoms with Crippen molar-refractivity contribution in [3.8, 4) is 0 Å². The average molecular weight is 245 g/mol. The third-order valence-electron chi connectivity index (χ3n) is 1.15. The van der Waals surface area contributed by atoms with Gasteiger partial charge in [-0.25, -0.2) is 0 Å².